The highest BCUT2D eigenvalue weighted by Crippen LogP contribution is 2.39. The van der Waals surface area contributed by atoms with E-state index in [0.717, 1.165) is 25.5 Å². The van der Waals surface area contributed by atoms with Gasteiger partial charge in [0, 0.05) is 18.3 Å². The Labute approximate surface area is 111 Å². The Morgan fingerprint density at radius 1 is 1.37 bits per heavy atom. The summed E-state index contributed by atoms with van der Waals surface area (Å²) in [7, 11) is 0. The van der Waals surface area contributed by atoms with E-state index in [4.69, 9.17) is 10.8 Å². The summed E-state index contributed by atoms with van der Waals surface area (Å²) in [5.74, 6) is -0.901. The largest absolute Gasteiger partial charge is 0.478 e. The third-order valence-electron chi connectivity index (χ3n) is 3.80. The minimum Gasteiger partial charge on any atom is -0.478 e. The van der Waals surface area contributed by atoms with Crippen LogP contribution in [0.15, 0.2) is 12.1 Å². The first-order valence-electron chi connectivity index (χ1n) is 6.65. The molecule has 0 amide bonds. The van der Waals surface area contributed by atoms with Crippen LogP contribution in [0.3, 0.4) is 0 Å². The Bertz CT molecular complexity index is 524. The molecule has 3 rings (SSSR count). The molecule has 0 spiro atoms. The van der Waals surface area contributed by atoms with Gasteiger partial charge in [-0.25, -0.2) is 9.18 Å². The molecule has 19 heavy (non-hydrogen) atoms. The molecule has 2 aliphatic rings. The molecule has 0 radical (unpaired) electrons. The van der Waals surface area contributed by atoms with Gasteiger partial charge in [0.1, 0.15) is 5.82 Å². The van der Waals surface area contributed by atoms with Crippen LogP contribution in [0.5, 0.6) is 0 Å². The number of anilines is 2. The van der Waals surface area contributed by atoms with Gasteiger partial charge < -0.3 is 15.7 Å². The van der Waals surface area contributed by atoms with E-state index >= 15 is 0 Å². The number of nitrogens with two attached hydrogens (primary N) is 1. The number of hydrogen-bond donors (Lipinski definition) is 2. The third-order valence-corrected chi connectivity index (χ3v) is 3.80. The number of carboxylic acids is 1. The van der Waals surface area contributed by atoms with Crippen molar-refractivity contribution in [2.24, 2.45) is 5.92 Å². The minimum atomic E-state index is -1.11. The van der Waals surface area contributed by atoms with Gasteiger partial charge in [-0.15, -0.1) is 0 Å². The molecule has 0 atom stereocenters. The monoisotopic (exact) mass is 264 g/mol. The fraction of sp³-hybridized carbons (Fsp3) is 0.500. The molecule has 2 aliphatic carbocycles. The zero-order chi connectivity index (χ0) is 13.6. The normalized spacial score (nSPS) is 18.4. The average molecular weight is 264 g/mol. The van der Waals surface area contributed by atoms with Gasteiger partial charge >= 0.3 is 5.97 Å². The number of aromatic carboxylic acids is 1. The van der Waals surface area contributed by atoms with Crippen molar-refractivity contribution in [2.75, 3.05) is 17.2 Å². The molecule has 2 saturated carbocycles. The van der Waals surface area contributed by atoms with Crippen LogP contribution in [0.25, 0.3) is 0 Å². The van der Waals surface area contributed by atoms with E-state index in [1.165, 1.54) is 18.9 Å². The van der Waals surface area contributed by atoms with E-state index in [9.17, 15) is 9.18 Å². The molecule has 3 N–H and O–H groups in total. The van der Waals surface area contributed by atoms with Crippen molar-refractivity contribution in [3.8, 4) is 0 Å². The summed E-state index contributed by atoms with van der Waals surface area (Å²) < 4.78 is 14.1. The summed E-state index contributed by atoms with van der Waals surface area (Å²) in [4.78, 5) is 13.1. The van der Waals surface area contributed by atoms with Gasteiger partial charge in [-0.05, 0) is 43.7 Å². The van der Waals surface area contributed by atoms with Crippen LogP contribution in [-0.4, -0.2) is 23.7 Å². The highest BCUT2D eigenvalue weighted by Gasteiger charge is 2.35. The molecule has 5 heteroatoms. The first-order valence-corrected chi connectivity index (χ1v) is 6.65. The van der Waals surface area contributed by atoms with Crippen molar-refractivity contribution in [3.63, 3.8) is 0 Å². The summed E-state index contributed by atoms with van der Waals surface area (Å²) in [6.45, 7) is 0.824. The number of nitrogens with zero attached hydrogens (tertiary/aromatic N) is 1. The van der Waals surface area contributed by atoms with Crippen molar-refractivity contribution in [2.45, 2.75) is 31.7 Å². The fourth-order valence-electron chi connectivity index (χ4n) is 2.39. The lowest BCUT2D eigenvalue weighted by Crippen LogP contribution is -2.29. The van der Waals surface area contributed by atoms with Crippen LogP contribution >= 0.6 is 0 Å². The summed E-state index contributed by atoms with van der Waals surface area (Å²) in [5.41, 5.74) is 5.91. The zero-order valence-corrected chi connectivity index (χ0v) is 10.6. The van der Waals surface area contributed by atoms with Crippen LogP contribution < -0.4 is 10.6 Å². The minimum absolute atomic E-state index is 0.0159. The molecular weight excluding hydrogens is 247 g/mol. The van der Waals surface area contributed by atoms with Gasteiger partial charge in [0.15, 0.2) is 0 Å². The fourth-order valence-corrected chi connectivity index (χ4v) is 2.39. The number of hydrogen-bond acceptors (Lipinski definition) is 3. The number of nitrogen functional groups attached to an aromatic ring is 1. The topological polar surface area (TPSA) is 66.6 Å². The third kappa shape index (κ3) is 2.50. The summed E-state index contributed by atoms with van der Waals surface area (Å²) >= 11 is 0. The lowest BCUT2D eigenvalue weighted by atomic mass is 10.1. The van der Waals surface area contributed by atoms with Gasteiger partial charge in [0.05, 0.1) is 11.3 Å². The Hall–Kier alpha value is -1.78. The lowest BCUT2D eigenvalue weighted by Gasteiger charge is -2.25. The number of benzene rings is 1. The Morgan fingerprint density at radius 2 is 2.05 bits per heavy atom. The van der Waals surface area contributed by atoms with Gasteiger partial charge in [-0.2, -0.15) is 0 Å². The quantitative estimate of drug-likeness (QED) is 0.802. The van der Waals surface area contributed by atoms with E-state index < -0.39 is 11.8 Å². The van der Waals surface area contributed by atoms with Gasteiger partial charge in [-0.3, -0.25) is 0 Å². The van der Waals surface area contributed by atoms with Crippen LogP contribution in [0.4, 0.5) is 15.8 Å². The van der Waals surface area contributed by atoms with Crippen LogP contribution in [-0.2, 0) is 0 Å². The smallest absolute Gasteiger partial charge is 0.337 e. The van der Waals surface area contributed by atoms with Gasteiger partial charge in [0.2, 0.25) is 0 Å². The van der Waals surface area contributed by atoms with Crippen LogP contribution in [0.1, 0.15) is 36.0 Å². The maximum atomic E-state index is 14.1. The predicted molar refractivity (Wildman–Crippen MR) is 70.9 cm³/mol. The van der Waals surface area contributed by atoms with Crippen molar-refractivity contribution in [3.05, 3.63) is 23.5 Å². The number of carbonyl (C=O) groups is 1. The molecule has 0 unspecified atom stereocenters. The first kappa shape index (κ1) is 12.3. The van der Waals surface area contributed by atoms with Gasteiger partial charge in [-0.1, -0.05) is 0 Å². The molecule has 0 heterocycles. The Kier molecular flexibility index (Phi) is 2.84. The predicted octanol–water partition coefficient (Wildman–Crippen LogP) is 2.48. The van der Waals surface area contributed by atoms with Crippen LogP contribution in [0.2, 0.25) is 0 Å². The van der Waals surface area contributed by atoms with Crippen molar-refractivity contribution in [1.29, 1.82) is 0 Å². The summed E-state index contributed by atoms with van der Waals surface area (Å²) in [6.07, 6.45) is 4.48. The average Bonchev–Trinajstić information content (AvgIpc) is 3.20. The Morgan fingerprint density at radius 3 is 2.58 bits per heavy atom. The highest BCUT2D eigenvalue weighted by atomic mass is 19.1. The standard InChI is InChI=1S/C14H17FN2O2/c15-11-6-12(16)10(14(18)19)5-13(11)17(9-3-4-9)7-8-1-2-8/h5-6,8-9H,1-4,7,16H2,(H,18,19). The second-order valence-electron chi connectivity index (χ2n) is 5.52. The van der Waals surface area contributed by atoms with Gasteiger partial charge in [0.25, 0.3) is 0 Å². The second kappa shape index (κ2) is 4.40. The molecule has 4 nitrogen and oxygen atoms in total. The van der Waals surface area contributed by atoms with Crippen LogP contribution in [0, 0.1) is 11.7 Å². The molecular formula is C14H17FN2O2. The molecule has 1 aromatic carbocycles. The highest BCUT2D eigenvalue weighted by molar-refractivity contribution is 5.95. The SMILES string of the molecule is Nc1cc(F)c(N(CC2CC2)C2CC2)cc1C(=O)O. The maximum absolute atomic E-state index is 14.1. The van der Waals surface area contributed by atoms with Crippen molar-refractivity contribution >= 4 is 17.3 Å². The number of carboxylic acid groups (broad SMARTS) is 1. The summed E-state index contributed by atoms with van der Waals surface area (Å²) in [5, 5.41) is 9.09. The number of halogens is 1. The zero-order valence-electron chi connectivity index (χ0n) is 10.6. The second-order valence-corrected chi connectivity index (χ2v) is 5.52. The lowest BCUT2D eigenvalue weighted by molar-refractivity contribution is 0.0698. The molecule has 102 valence electrons. The first-order chi connectivity index (χ1) is 9.06. The summed E-state index contributed by atoms with van der Waals surface area (Å²) in [6, 6.07) is 2.87. The molecule has 1 aromatic rings. The maximum Gasteiger partial charge on any atom is 0.337 e. The van der Waals surface area contributed by atoms with E-state index in [1.807, 2.05) is 4.90 Å². The molecule has 0 aromatic heterocycles. The van der Waals surface area contributed by atoms with E-state index in [2.05, 4.69) is 0 Å². The number of rotatable bonds is 5. The van der Waals surface area contributed by atoms with Crippen molar-refractivity contribution < 1.29 is 14.3 Å². The molecule has 0 saturated heterocycles. The molecule has 0 aliphatic heterocycles. The Balaban J connectivity index is 1.96. The van der Waals surface area contributed by atoms with E-state index in [1.54, 1.807) is 0 Å². The van der Waals surface area contributed by atoms with E-state index in [-0.39, 0.29) is 11.3 Å². The molecule has 2 fully saturated rings. The van der Waals surface area contributed by atoms with Crippen molar-refractivity contribution in [1.82, 2.24) is 0 Å². The van der Waals surface area contributed by atoms with E-state index in [0.29, 0.717) is 17.6 Å². The molecule has 0 bridgehead atoms.